The van der Waals surface area contributed by atoms with Gasteiger partial charge in [-0.05, 0) is 56.0 Å². The fourth-order valence-electron chi connectivity index (χ4n) is 3.26. The fraction of sp³-hybridized carbons (Fsp3) is 0.316. The van der Waals surface area contributed by atoms with Gasteiger partial charge < -0.3 is 5.73 Å². The van der Waals surface area contributed by atoms with Crippen molar-refractivity contribution in [3.8, 4) is 0 Å². The van der Waals surface area contributed by atoms with Crippen LogP contribution < -0.4 is 5.73 Å². The van der Waals surface area contributed by atoms with E-state index in [9.17, 15) is 0 Å². The van der Waals surface area contributed by atoms with Gasteiger partial charge in [0.2, 0.25) is 0 Å². The number of fused-ring (bicyclic) bond motifs is 1. The molecule has 1 saturated carbocycles. The van der Waals surface area contributed by atoms with Crippen LogP contribution in [-0.4, -0.2) is 22.8 Å². The van der Waals surface area contributed by atoms with Crippen molar-refractivity contribution in [3.63, 3.8) is 0 Å². The van der Waals surface area contributed by atoms with Crippen LogP contribution in [0.2, 0.25) is 0 Å². The first-order chi connectivity index (χ1) is 11.1. The molecule has 23 heavy (non-hydrogen) atoms. The van der Waals surface area contributed by atoms with Crippen molar-refractivity contribution in [1.29, 1.82) is 0 Å². The second kappa shape index (κ2) is 5.68. The second-order valence-electron chi connectivity index (χ2n) is 6.54. The summed E-state index contributed by atoms with van der Waals surface area (Å²) in [5.41, 5.74) is 11.4. The standard InChI is InChI=1S/C19H20BrN3/c1-12-10-14-2-5-15(20)11-18(14)19(22-23(12)17-8-9-17)13-3-6-16(21)7-4-13/h2-7,11-12,17H,8-10,21H2,1H3. The number of nitrogen functional groups attached to an aromatic ring is 1. The summed E-state index contributed by atoms with van der Waals surface area (Å²) in [6.45, 7) is 2.28. The van der Waals surface area contributed by atoms with E-state index in [4.69, 9.17) is 10.8 Å². The average Bonchev–Trinajstić information content (AvgIpc) is 3.36. The van der Waals surface area contributed by atoms with Crippen molar-refractivity contribution in [2.24, 2.45) is 5.10 Å². The summed E-state index contributed by atoms with van der Waals surface area (Å²) in [4.78, 5) is 0. The van der Waals surface area contributed by atoms with E-state index in [1.54, 1.807) is 0 Å². The quantitative estimate of drug-likeness (QED) is 0.806. The van der Waals surface area contributed by atoms with Crippen molar-refractivity contribution < 1.29 is 0 Å². The van der Waals surface area contributed by atoms with Crippen molar-refractivity contribution in [3.05, 3.63) is 63.6 Å². The molecule has 0 aromatic heterocycles. The van der Waals surface area contributed by atoms with Gasteiger partial charge in [0.1, 0.15) is 0 Å². The number of anilines is 1. The van der Waals surface area contributed by atoms with E-state index in [-0.39, 0.29) is 0 Å². The number of halogens is 1. The Morgan fingerprint density at radius 2 is 1.87 bits per heavy atom. The monoisotopic (exact) mass is 369 g/mol. The molecule has 1 aliphatic carbocycles. The molecule has 1 heterocycles. The molecule has 0 amide bonds. The zero-order chi connectivity index (χ0) is 16.0. The maximum absolute atomic E-state index is 5.86. The van der Waals surface area contributed by atoms with Gasteiger partial charge in [-0.25, -0.2) is 0 Å². The molecule has 1 unspecified atom stereocenters. The summed E-state index contributed by atoms with van der Waals surface area (Å²) >= 11 is 3.61. The van der Waals surface area contributed by atoms with Crippen LogP contribution in [0.4, 0.5) is 5.69 Å². The van der Waals surface area contributed by atoms with Crippen LogP contribution in [0.5, 0.6) is 0 Å². The number of nitrogens with two attached hydrogens (primary N) is 1. The van der Waals surface area contributed by atoms with E-state index >= 15 is 0 Å². The van der Waals surface area contributed by atoms with Crippen LogP contribution in [0, 0.1) is 0 Å². The summed E-state index contributed by atoms with van der Waals surface area (Å²) < 4.78 is 1.09. The predicted molar refractivity (Wildman–Crippen MR) is 98.7 cm³/mol. The molecule has 4 heteroatoms. The third-order valence-electron chi connectivity index (χ3n) is 4.61. The van der Waals surface area contributed by atoms with Gasteiger partial charge in [-0.2, -0.15) is 5.10 Å². The summed E-state index contributed by atoms with van der Waals surface area (Å²) in [6.07, 6.45) is 3.53. The molecule has 1 aliphatic heterocycles. The molecule has 2 aliphatic rings. The van der Waals surface area contributed by atoms with Crippen LogP contribution in [0.1, 0.15) is 36.5 Å². The number of benzene rings is 2. The zero-order valence-corrected chi connectivity index (χ0v) is 14.8. The minimum Gasteiger partial charge on any atom is -0.399 e. The fourth-order valence-corrected chi connectivity index (χ4v) is 3.62. The molecule has 2 N–H and O–H groups in total. The van der Waals surface area contributed by atoms with Crippen LogP contribution in [-0.2, 0) is 6.42 Å². The van der Waals surface area contributed by atoms with Gasteiger partial charge in [0.25, 0.3) is 0 Å². The lowest BCUT2D eigenvalue weighted by Gasteiger charge is -2.25. The molecular weight excluding hydrogens is 350 g/mol. The highest BCUT2D eigenvalue weighted by Crippen LogP contribution is 2.34. The maximum Gasteiger partial charge on any atom is 0.0979 e. The largest absolute Gasteiger partial charge is 0.399 e. The molecule has 0 saturated heterocycles. The summed E-state index contributed by atoms with van der Waals surface area (Å²) in [5, 5.41) is 7.41. The molecule has 0 spiro atoms. The Bertz CT molecular complexity index is 763. The first-order valence-corrected chi connectivity index (χ1v) is 8.93. The normalized spacial score (nSPS) is 20.7. The van der Waals surface area contributed by atoms with E-state index in [1.165, 1.54) is 24.0 Å². The first-order valence-electron chi connectivity index (χ1n) is 8.13. The molecule has 0 radical (unpaired) electrons. The third-order valence-corrected chi connectivity index (χ3v) is 5.11. The molecule has 118 valence electrons. The average molecular weight is 370 g/mol. The highest BCUT2D eigenvalue weighted by molar-refractivity contribution is 9.10. The number of hydrogen-bond donors (Lipinski definition) is 1. The minimum absolute atomic E-state index is 0.425. The molecule has 2 aromatic rings. The minimum atomic E-state index is 0.425. The van der Waals surface area contributed by atoms with Gasteiger partial charge in [0.15, 0.2) is 0 Å². The van der Waals surface area contributed by atoms with Crippen molar-refractivity contribution in [1.82, 2.24) is 5.01 Å². The van der Waals surface area contributed by atoms with Gasteiger partial charge in [0, 0.05) is 33.4 Å². The Kier molecular flexibility index (Phi) is 3.64. The molecule has 3 nitrogen and oxygen atoms in total. The number of hydrazone groups is 1. The van der Waals surface area contributed by atoms with Crippen LogP contribution in [0.3, 0.4) is 0 Å². The van der Waals surface area contributed by atoms with Gasteiger partial charge in [0.05, 0.1) is 5.71 Å². The Morgan fingerprint density at radius 1 is 1.13 bits per heavy atom. The molecule has 4 rings (SSSR count). The van der Waals surface area contributed by atoms with Gasteiger partial charge in [-0.15, -0.1) is 0 Å². The van der Waals surface area contributed by atoms with Crippen LogP contribution in [0.15, 0.2) is 52.0 Å². The van der Waals surface area contributed by atoms with Gasteiger partial charge in [-0.3, -0.25) is 5.01 Å². The van der Waals surface area contributed by atoms with E-state index in [0.717, 1.165) is 27.9 Å². The third kappa shape index (κ3) is 2.88. The van der Waals surface area contributed by atoms with E-state index in [2.05, 4.69) is 58.2 Å². The molecule has 1 atom stereocenters. The lowest BCUT2D eigenvalue weighted by atomic mass is 9.95. The molecule has 0 bridgehead atoms. The van der Waals surface area contributed by atoms with Crippen molar-refractivity contribution in [2.75, 3.05) is 5.73 Å². The SMILES string of the molecule is CC1Cc2ccc(Br)cc2C(c2ccc(N)cc2)=NN1C1CC1. The van der Waals surface area contributed by atoms with Crippen LogP contribution in [0.25, 0.3) is 0 Å². The summed E-state index contributed by atoms with van der Waals surface area (Å²) in [5.74, 6) is 0. The zero-order valence-electron chi connectivity index (χ0n) is 13.2. The Morgan fingerprint density at radius 3 is 2.57 bits per heavy atom. The molecule has 1 fully saturated rings. The second-order valence-corrected chi connectivity index (χ2v) is 7.45. The first kappa shape index (κ1) is 14.8. The van der Waals surface area contributed by atoms with E-state index in [0.29, 0.717) is 12.1 Å². The highest BCUT2D eigenvalue weighted by Gasteiger charge is 2.34. The molecule has 2 aromatic carbocycles. The summed E-state index contributed by atoms with van der Waals surface area (Å²) in [7, 11) is 0. The Balaban J connectivity index is 1.88. The van der Waals surface area contributed by atoms with Crippen molar-refractivity contribution in [2.45, 2.75) is 38.3 Å². The van der Waals surface area contributed by atoms with Gasteiger partial charge >= 0.3 is 0 Å². The smallest absolute Gasteiger partial charge is 0.0979 e. The number of nitrogens with zero attached hydrogens (tertiary/aromatic N) is 2. The molecular formula is C19H20BrN3. The Hall–Kier alpha value is -1.81. The van der Waals surface area contributed by atoms with Gasteiger partial charge in [-0.1, -0.05) is 34.1 Å². The summed E-state index contributed by atoms with van der Waals surface area (Å²) in [6, 6.07) is 15.6. The highest BCUT2D eigenvalue weighted by atomic mass is 79.9. The lowest BCUT2D eigenvalue weighted by molar-refractivity contribution is 0.209. The number of rotatable bonds is 2. The number of hydrogen-bond acceptors (Lipinski definition) is 3. The van der Waals surface area contributed by atoms with E-state index < -0.39 is 0 Å². The van der Waals surface area contributed by atoms with E-state index in [1.807, 2.05) is 12.1 Å². The van der Waals surface area contributed by atoms with Crippen molar-refractivity contribution >= 4 is 27.3 Å². The maximum atomic E-state index is 5.86. The predicted octanol–water partition coefficient (Wildman–Crippen LogP) is 4.19. The topological polar surface area (TPSA) is 41.6 Å². The lowest BCUT2D eigenvalue weighted by Crippen LogP contribution is -2.31. The Labute approximate surface area is 145 Å². The van der Waals surface area contributed by atoms with Crippen LogP contribution >= 0.6 is 15.9 Å².